The van der Waals surface area contributed by atoms with E-state index in [1.54, 1.807) is 12.3 Å². The molecule has 3 rings (SSSR count). The average Bonchev–Trinajstić information content (AvgIpc) is 2.63. The predicted molar refractivity (Wildman–Crippen MR) is 89.0 cm³/mol. The van der Waals surface area contributed by atoms with Gasteiger partial charge >= 0.3 is 0 Å². The van der Waals surface area contributed by atoms with Crippen LogP contribution in [0.3, 0.4) is 0 Å². The molecule has 5 heteroatoms. The van der Waals surface area contributed by atoms with Gasteiger partial charge in [-0.2, -0.15) is 5.26 Å². The molecule has 0 saturated carbocycles. The monoisotopic (exact) mass is 308 g/mol. The van der Waals surface area contributed by atoms with Gasteiger partial charge in [-0.05, 0) is 17.7 Å². The molecule has 1 aromatic heterocycles. The van der Waals surface area contributed by atoms with Crippen molar-refractivity contribution in [3.63, 3.8) is 0 Å². The Morgan fingerprint density at radius 2 is 1.87 bits per heavy atom. The normalized spacial score (nSPS) is 16.8. The highest BCUT2D eigenvalue weighted by Crippen LogP contribution is 2.18. The maximum atomic E-state index is 10.3. The van der Waals surface area contributed by atoms with Crippen LogP contribution >= 0.6 is 0 Å². The topological polar surface area (TPSA) is 63.4 Å². The number of hydrogen-bond donors (Lipinski definition) is 1. The summed E-state index contributed by atoms with van der Waals surface area (Å²) < 4.78 is 0. The van der Waals surface area contributed by atoms with Crippen LogP contribution in [0.2, 0.25) is 0 Å². The first-order valence-electron chi connectivity index (χ1n) is 7.83. The first kappa shape index (κ1) is 15.5. The molecule has 2 aromatic rings. The zero-order valence-corrected chi connectivity index (χ0v) is 13.0. The van der Waals surface area contributed by atoms with Gasteiger partial charge in [-0.15, -0.1) is 0 Å². The van der Waals surface area contributed by atoms with Crippen molar-refractivity contribution in [2.75, 3.05) is 37.6 Å². The van der Waals surface area contributed by atoms with Crippen molar-refractivity contribution in [2.24, 2.45) is 0 Å². The molecule has 0 aliphatic carbocycles. The second-order valence-electron chi connectivity index (χ2n) is 5.73. The fourth-order valence-corrected chi connectivity index (χ4v) is 2.85. The van der Waals surface area contributed by atoms with Crippen LogP contribution < -0.4 is 4.90 Å². The lowest BCUT2D eigenvalue weighted by Crippen LogP contribution is -2.47. The highest BCUT2D eigenvalue weighted by molar-refractivity contribution is 5.45. The van der Waals surface area contributed by atoms with Crippen molar-refractivity contribution < 1.29 is 5.11 Å². The van der Waals surface area contributed by atoms with Gasteiger partial charge in [-0.25, -0.2) is 4.98 Å². The lowest BCUT2D eigenvalue weighted by molar-refractivity contribution is 0.109. The van der Waals surface area contributed by atoms with E-state index < -0.39 is 6.10 Å². The molecule has 1 aliphatic heterocycles. The second kappa shape index (κ2) is 7.23. The maximum Gasteiger partial charge on any atom is 0.129 e. The van der Waals surface area contributed by atoms with Gasteiger partial charge in [-0.3, -0.25) is 4.90 Å². The van der Waals surface area contributed by atoms with E-state index in [0.29, 0.717) is 12.1 Å². The third-order valence-corrected chi connectivity index (χ3v) is 4.19. The summed E-state index contributed by atoms with van der Waals surface area (Å²) in [6.45, 7) is 4.10. The number of aliphatic hydroxyl groups is 1. The Hall–Kier alpha value is -2.42. The number of nitriles is 1. The molecule has 0 unspecified atom stereocenters. The van der Waals surface area contributed by atoms with Gasteiger partial charge in [0, 0.05) is 38.9 Å². The fourth-order valence-electron chi connectivity index (χ4n) is 2.85. The number of aromatic nitrogens is 1. The summed E-state index contributed by atoms with van der Waals surface area (Å²) >= 11 is 0. The number of anilines is 1. The Morgan fingerprint density at radius 1 is 1.13 bits per heavy atom. The summed E-state index contributed by atoms with van der Waals surface area (Å²) in [5.41, 5.74) is 1.59. The predicted octanol–water partition coefficient (Wildman–Crippen LogP) is 1.81. The van der Waals surface area contributed by atoms with Crippen LogP contribution in [0.4, 0.5) is 5.82 Å². The summed E-state index contributed by atoms with van der Waals surface area (Å²) in [5, 5.41) is 19.3. The molecule has 2 heterocycles. The molecule has 0 amide bonds. The van der Waals surface area contributed by atoms with Crippen LogP contribution in [-0.4, -0.2) is 47.7 Å². The van der Waals surface area contributed by atoms with Gasteiger partial charge in [0.2, 0.25) is 0 Å². The minimum absolute atomic E-state index is 0.456. The molecule has 0 bridgehead atoms. The Bertz CT molecular complexity index is 675. The van der Waals surface area contributed by atoms with E-state index in [1.807, 2.05) is 36.4 Å². The molecule has 0 radical (unpaired) electrons. The molecular formula is C18H20N4O. The Labute approximate surface area is 136 Å². The van der Waals surface area contributed by atoms with E-state index in [-0.39, 0.29) is 0 Å². The summed E-state index contributed by atoms with van der Waals surface area (Å²) in [6, 6.07) is 15.5. The number of pyridine rings is 1. The number of hydrogen-bond acceptors (Lipinski definition) is 5. The molecule has 1 aromatic carbocycles. The second-order valence-corrected chi connectivity index (χ2v) is 5.73. The molecule has 118 valence electrons. The Morgan fingerprint density at radius 3 is 2.57 bits per heavy atom. The smallest absolute Gasteiger partial charge is 0.129 e. The number of benzene rings is 1. The molecule has 5 nitrogen and oxygen atoms in total. The van der Waals surface area contributed by atoms with Crippen molar-refractivity contribution in [2.45, 2.75) is 6.10 Å². The van der Waals surface area contributed by atoms with Crippen LogP contribution in [0.25, 0.3) is 0 Å². The van der Waals surface area contributed by atoms with E-state index in [4.69, 9.17) is 5.26 Å². The minimum atomic E-state index is -0.456. The third-order valence-electron chi connectivity index (χ3n) is 4.19. The van der Waals surface area contributed by atoms with Crippen molar-refractivity contribution in [1.29, 1.82) is 5.26 Å². The van der Waals surface area contributed by atoms with Crippen LogP contribution in [0.15, 0.2) is 48.7 Å². The highest BCUT2D eigenvalue weighted by Gasteiger charge is 2.20. The van der Waals surface area contributed by atoms with E-state index in [9.17, 15) is 5.11 Å². The molecule has 0 spiro atoms. The minimum Gasteiger partial charge on any atom is -0.387 e. The van der Waals surface area contributed by atoms with Crippen molar-refractivity contribution in [1.82, 2.24) is 9.88 Å². The van der Waals surface area contributed by atoms with Crippen LogP contribution in [-0.2, 0) is 0 Å². The van der Waals surface area contributed by atoms with Gasteiger partial charge in [0.15, 0.2) is 0 Å². The zero-order chi connectivity index (χ0) is 16.1. The van der Waals surface area contributed by atoms with E-state index in [1.165, 1.54) is 0 Å². The number of nitrogens with zero attached hydrogens (tertiary/aromatic N) is 4. The van der Waals surface area contributed by atoms with E-state index in [2.05, 4.69) is 20.9 Å². The molecule has 1 N–H and O–H groups in total. The zero-order valence-electron chi connectivity index (χ0n) is 13.0. The summed E-state index contributed by atoms with van der Waals surface area (Å²) in [5.74, 6) is 0.854. The van der Waals surface area contributed by atoms with Gasteiger partial charge in [0.1, 0.15) is 5.82 Å². The molecule has 1 atom stereocenters. The number of aliphatic hydroxyl groups excluding tert-OH is 1. The quantitative estimate of drug-likeness (QED) is 0.933. The number of β-amino-alcohol motifs (C(OH)–C–C–N with tert-alkyl or cyclic N) is 1. The number of piperazine rings is 1. The average molecular weight is 308 g/mol. The molecule has 1 aliphatic rings. The van der Waals surface area contributed by atoms with Gasteiger partial charge in [0.25, 0.3) is 0 Å². The molecule has 1 fully saturated rings. The molecule has 23 heavy (non-hydrogen) atoms. The lowest BCUT2D eigenvalue weighted by atomic mass is 10.1. The largest absolute Gasteiger partial charge is 0.387 e. The van der Waals surface area contributed by atoms with E-state index >= 15 is 0 Å². The fraction of sp³-hybridized carbons (Fsp3) is 0.333. The van der Waals surface area contributed by atoms with Crippen molar-refractivity contribution in [3.05, 3.63) is 59.8 Å². The van der Waals surface area contributed by atoms with Crippen LogP contribution in [0.5, 0.6) is 0 Å². The van der Waals surface area contributed by atoms with Gasteiger partial charge in [0.05, 0.1) is 17.7 Å². The summed E-state index contributed by atoms with van der Waals surface area (Å²) in [7, 11) is 0. The van der Waals surface area contributed by atoms with Gasteiger partial charge < -0.3 is 10.0 Å². The Kier molecular flexibility index (Phi) is 4.86. The summed E-state index contributed by atoms with van der Waals surface area (Å²) in [6.07, 6.45) is 1.22. The molecular weight excluding hydrogens is 288 g/mol. The third kappa shape index (κ3) is 3.86. The van der Waals surface area contributed by atoms with Crippen molar-refractivity contribution in [3.8, 4) is 6.07 Å². The Balaban J connectivity index is 1.55. The van der Waals surface area contributed by atoms with Crippen LogP contribution in [0.1, 0.15) is 17.2 Å². The highest BCUT2D eigenvalue weighted by atomic mass is 16.3. The lowest BCUT2D eigenvalue weighted by Gasteiger charge is -2.36. The summed E-state index contributed by atoms with van der Waals surface area (Å²) in [4.78, 5) is 8.80. The first-order chi connectivity index (χ1) is 11.3. The molecule has 1 saturated heterocycles. The standard InChI is InChI=1S/C18H20N4O/c19-13-15-6-7-20-18(12-15)22-10-8-21(9-11-22)14-17(23)16-4-2-1-3-5-16/h1-7,12,17,23H,8-11,14H2/t17-/m0/s1. The van der Waals surface area contributed by atoms with Gasteiger partial charge in [-0.1, -0.05) is 30.3 Å². The van der Waals surface area contributed by atoms with Crippen molar-refractivity contribution >= 4 is 5.82 Å². The van der Waals surface area contributed by atoms with E-state index in [0.717, 1.165) is 37.6 Å². The maximum absolute atomic E-state index is 10.3. The first-order valence-corrected chi connectivity index (χ1v) is 7.83. The van der Waals surface area contributed by atoms with Crippen LogP contribution in [0, 0.1) is 11.3 Å². The SMILES string of the molecule is N#Cc1ccnc(N2CCN(C[C@H](O)c3ccccc3)CC2)c1. The number of rotatable bonds is 4.